The Morgan fingerprint density at radius 2 is 0.787 bits per heavy atom. The zero-order chi connectivity index (χ0) is 31.6. The third kappa shape index (κ3) is 5.81. The summed E-state index contributed by atoms with van der Waals surface area (Å²) in [5, 5.41) is 2.90. The number of benzene rings is 7. The number of fused-ring (bicyclic) bond motifs is 1. The first-order valence-electron chi connectivity index (χ1n) is 15.6. The lowest BCUT2D eigenvalue weighted by Crippen LogP contribution is -2.01. The van der Waals surface area contributed by atoms with Crippen LogP contribution in [0, 0.1) is 0 Å². The molecule has 0 aliphatic carbocycles. The molecule has 0 aliphatic heterocycles. The fraction of sp³-hybridized carbons (Fsp3) is 0. The normalized spacial score (nSPS) is 11.1. The summed E-state index contributed by atoms with van der Waals surface area (Å²) in [7, 11) is 0. The SMILES string of the molecule is Clc1ccccc1-c1cc(-c2nc(-c3cccc(-c4ccccc4)c3)nc(-c3cccc(-c4ccccc4)c3)n2)cc2ccccc12. The molecule has 0 amide bonds. The number of hydrogen-bond acceptors (Lipinski definition) is 3. The van der Waals surface area contributed by atoms with Crippen LogP contribution in [-0.4, -0.2) is 15.0 Å². The topological polar surface area (TPSA) is 38.7 Å². The Bertz CT molecular complexity index is 2270. The highest BCUT2D eigenvalue weighted by molar-refractivity contribution is 6.33. The van der Waals surface area contributed by atoms with Gasteiger partial charge in [0.25, 0.3) is 0 Å². The van der Waals surface area contributed by atoms with Crippen molar-refractivity contribution in [2.24, 2.45) is 0 Å². The van der Waals surface area contributed by atoms with Crippen LogP contribution in [0.3, 0.4) is 0 Å². The van der Waals surface area contributed by atoms with Crippen molar-refractivity contribution in [3.05, 3.63) is 175 Å². The second kappa shape index (κ2) is 12.5. The van der Waals surface area contributed by atoms with Crippen LogP contribution in [0.2, 0.25) is 5.02 Å². The fourth-order valence-corrected chi connectivity index (χ4v) is 6.28. The minimum atomic E-state index is 0.597. The highest BCUT2D eigenvalue weighted by atomic mass is 35.5. The largest absolute Gasteiger partial charge is 0.208 e. The number of nitrogens with zero attached hydrogens (tertiary/aromatic N) is 3. The Morgan fingerprint density at radius 3 is 1.38 bits per heavy atom. The van der Waals surface area contributed by atoms with E-state index in [9.17, 15) is 0 Å². The molecule has 0 fully saturated rings. The van der Waals surface area contributed by atoms with Gasteiger partial charge in [0.2, 0.25) is 0 Å². The standard InChI is InChI=1S/C43H28ClN3/c44-40-24-10-9-23-38(40)39-28-36(27-33-17-7-8-22-37(33)39)43-46-41(34-20-11-18-31(25-34)29-13-3-1-4-14-29)45-42(47-43)35-21-12-19-32(26-35)30-15-5-2-6-16-30/h1-28H. The predicted octanol–water partition coefficient (Wildman–Crippen LogP) is 11.7. The van der Waals surface area contributed by atoms with Crippen LogP contribution in [0.25, 0.3) is 78.3 Å². The molecule has 0 saturated carbocycles. The van der Waals surface area contributed by atoms with Gasteiger partial charge in [-0.15, -0.1) is 0 Å². The highest BCUT2D eigenvalue weighted by Crippen LogP contribution is 2.37. The molecule has 222 valence electrons. The van der Waals surface area contributed by atoms with Crippen molar-refractivity contribution in [1.29, 1.82) is 0 Å². The quantitative estimate of drug-likeness (QED) is 0.185. The maximum absolute atomic E-state index is 6.76. The second-order valence-corrected chi connectivity index (χ2v) is 11.8. The van der Waals surface area contributed by atoms with Gasteiger partial charge in [-0.05, 0) is 68.9 Å². The highest BCUT2D eigenvalue weighted by Gasteiger charge is 2.17. The summed E-state index contributed by atoms with van der Waals surface area (Å²) >= 11 is 6.76. The molecule has 1 heterocycles. The van der Waals surface area contributed by atoms with Gasteiger partial charge in [0.15, 0.2) is 17.5 Å². The van der Waals surface area contributed by atoms with Gasteiger partial charge in [-0.2, -0.15) is 0 Å². The van der Waals surface area contributed by atoms with Crippen molar-refractivity contribution in [3.8, 4) is 67.5 Å². The molecule has 1 aromatic heterocycles. The summed E-state index contributed by atoms with van der Waals surface area (Å²) in [5.74, 6) is 1.82. The molecule has 0 aliphatic rings. The van der Waals surface area contributed by atoms with Crippen molar-refractivity contribution in [3.63, 3.8) is 0 Å². The van der Waals surface area contributed by atoms with Gasteiger partial charge in [0, 0.05) is 27.3 Å². The van der Waals surface area contributed by atoms with Crippen molar-refractivity contribution in [2.45, 2.75) is 0 Å². The van der Waals surface area contributed by atoms with Gasteiger partial charge in [0.05, 0.1) is 0 Å². The Kier molecular flexibility index (Phi) is 7.58. The molecule has 0 atom stereocenters. The molecule has 4 heteroatoms. The number of rotatable bonds is 6. The van der Waals surface area contributed by atoms with E-state index in [0.29, 0.717) is 22.5 Å². The third-order valence-electron chi connectivity index (χ3n) is 8.38. The number of aromatic nitrogens is 3. The summed E-state index contributed by atoms with van der Waals surface area (Å²) in [6.07, 6.45) is 0. The zero-order valence-corrected chi connectivity index (χ0v) is 26.1. The fourth-order valence-electron chi connectivity index (χ4n) is 6.04. The van der Waals surface area contributed by atoms with E-state index >= 15 is 0 Å². The second-order valence-electron chi connectivity index (χ2n) is 11.4. The molecule has 0 unspecified atom stereocenters. The van der Waals surface area contributed by atoms with Crippen molar-refractivity contribution < 1.29 is 0 Å². The summed E-state index contributed by atoms with van der Waals surface area (Å²) in [5.41, 5.74) is 9.20. The molecule has 0 N–H and O–H groups in total. The number of hydrogen-bond donors (Lipinski definition) is 0. The molecule has 0 spiro atoms. The number of halogens is 1. The minimum absolute atomic E-state index is 0.597. The van der Waals surface area contributed by atoms with Gasteiger partial charge in [-0.1, -0.05) is 151 Å². The lowest BCUT2D eigenvalue weighted by molar-refractivity contribution is 1.07. The van der Waals surface area contributed by atoms with E-state index in [2.05, 4.69) is 140 Å². The van der Waals surface area contributed by atoms with Crippen LogP contribution in [0.5, 0.6) is 0 Å². The van der Waals surface area contributed by atoms with Crippen LogP contribution in [0.15, 0.2) is 170 Å². The molecule has 0 radical (unpaired) electrons. The van der Waals surface area contributed by atoms with Crippen LogP contribution in [0.1, 0.15) is 0 Å². The summed E-state index contributed by atoms with van der Waals surface area (Å²) in [6.45, 7) is 0. The van der Waals surface area contributed by atoms with Crippen LogP contribution >= 0.6 is 11.6 Å². The van der Waals surface area contributed by atoms with E-state index in [4.69, 9.17) is 26.6 Å². The molecular formula is C43H28ClN3. The van der Waals surface area contributed by atoms with Crippen molar-refractivity contribution in [1.82, 2.24) is 15.0 Å². The average molecular weight is 622 g/mol. The Labute approximate surface area is 278 Å². The molecule has 3 nitrogen and oxygen atoms in total. The predicted molar refractivity (Wildman–Crippen MR) is 195 cm³/mol. The van der Waals surface area contributed by atoms with E-state index in [-0.39, 0.29) is 0 Å². The van der Waals surface area contributed by atoms with Gasteiger partial charge in [0.1, 0.15) is 0 Å². The third-order valence-corrected chi connectivity index (χ3v) is 8.70. The van der Waals surface area contributed by atoms with E-state index in [1.54, 1.807) is 0 Å². The van der Waals surface area contributed by atoms with Crippen LogP contribution in [-0.2, 0) is 0 Å². The molecule has 8 rings (SSSR count). The Morgan fingerprint density at radius 1 is 0.319 bits per heavy atom. The van der Waals surface area contributed by atoms with Crippen LogP contribution in [0.4, 0.5) is 0 Å². The van der Waals surface area contributed by atoms with Gasteiger partial charge < -0.3 is 0 Å². The Balaban J connectivity index is 1.34. The maximum Gasteiger partial charge on any atom is 0.164 e. The minimum Gasteiger partial charge on any atom is -0.208 e. The first-order valence-corrected chi connectivity index (χ1v) is 15.9. The van der Waals surface area contributed by atoms with E-state index in [0.717, 1.165) is 60.8 Å². The lowest BCUT2D eigenvalue weighted by atomic mass is 9.95. The smallest absolute Gasteiger partial charge is 0.164 e. The van der Waals surface area contributed by atoms with E-state index < -0.39 is 0 Å². The van der Waals surface area contributed by atoms with Gasteiger partial charge in [-0.3, -0.25) is 0 Å². The molecule has 0 bridgehead atoms. The first kappa shape index (κ1) is 28.6. The monoisotopic (exact) mass is 621 g/mol. The van der Waals surface area contributed by atoms with E-state index in [1.165, 1.54) is 0 Å². The molecule has 47 heavy (non-hydrogen) atoms. The van der Waals surface area contributed by atoms with Crippen molar-refractivity contribution in [2.75, 3.05) is 0 Å². The summed E-state index contributed by atoms with van der Waals surface area (Å²) in [6, 6.07) is 58.1. The average Bonchev–Trinajstić information content (AvgIpc) is 3.15. The zero-order valence-electron chi connectivity index (χ0n) is 25.4. The lowest BCUT2D eigenvalue weighted by Gasteiger charge is -2.14. The van der Waals surface area contributed by atoms with Crippen molar-refractivity contribution >= 4 is 22.4 Å². The van der Waals surface area contributed by atoms with E-state index in [1.807, 2.05) is 30.3 Å². The van der Waals surface area contributed by atoms with Gasteiger partial charge >= 0.3 is 0 Å². The molecule has 8 aromatic rings. The van der Waals surface area contributed by atoms with Gasteiger partial charge in [-0.25, -0.2) is 15.0 Å². The molecule has 7 aromatic carbocycles. The first-order chi connectivity index (χ1) is 23.2. The summed E-state index contributed by atoms with van der Waals surface area (Å²) < 4.78 is 0. The molecular weight excluding hydrogens is 594 g/mol. The maximum atomic E-state index is 6.76. The van der Waals surface area contributed by atoms with Crippen LogP contribution < -0.4 is 0 Å². The molecule has 0 saturated heterocycles. The Hall–Kier alpha value is -5.90. The summed E-state index contributed by atoms with van der Waals surface area (Å²) in [4.78, 5) is 15.3.